The summed E-state index contributed by atoms with van der Waals surface area (Å²) >= 11 is 0. The molecule has 0 unspecified atom stereocenters. The largest absolute Gasteiger partial charge is 0.472 e. The first-order valence-electron chi connectivity index (χ1n) is 5.65. The minimum Gasteiger partial charge on any atom is -0.472 e. The molecule has 0 bridgehead atoms. The third-order valence-corrected chi connectivity index (χ3v) is 3.19. The number of hydrogen-bond donors (Lipinski definition) is 1. The summed E-state index contributed by atoms with van der Waals surface area (Å²) in [6.45, 7) is 9.12. The number of rotatable bonds is 3. The van der Waals surface area contributed by atoms with Gasteiger partial charge in [0.05, 0.1) is 12.5 Å². The molecule has 0 aliphatic carbocycles. The Hall–Kier alpha value is -0.800. The van der Waals surface area contributed by atoms with Crippen LogP contribution >= 0.6 is 0 Å². The molecule has 2 rings (SSSR count). The third-order valence-electron chi connectivity index (χ3n) is 3.19. The lowest BCUT2D eigenvalue weighted by molar-refractivity contribution is 0.103. The van der Waals surface area contributed by atoms with Crippen LogP contribution in [0.3, 0.4) is 0 Å². The summed E-state index contributed by atoms with van der Waals surface area (Å²) in [6, 6.07) is 2.06. The van der Waals surface area contributed by atoms with Crippen LogP contribution in [-0.4, -0.2) is 36.6 Å². The van der Waals surface area contributed by atoms with Gasteiger partial charge in [-0.3, -0.25) is 4.90 Å². The van der Waals surface area contributed by atoms with Gasteiger partial charge in [0.15, 0.2) is 0 Å². The molecule has 1 aromatic heterocycles. The minimum atomic E-state index is 0.228. The molecule has 3 heteroatoms. The van der Waals surface area contributed by atoms with E-state index in [1.165, 1.54) is 5.56 Å². The molecule has 1 aliphatic rings. The zero-order valence-corrected chi connectivity index (χ0v) is 9.62. The fourth-order valence-electron chi connectivity index (χ4n) is 2.27. The molecule has 1 fully saturated rings. The zero-order chi connectivity index (χ0) is 10.7. The van der Waals surface area contributed by atoms with Crippen LogP contribution in [0.25, 0.3) is 0 Å². The average Bonchev–Trinajstić information content (AvgIpc) is 2.71. The van der Waals surface area contributed by atoms with Crippen molar-refractivity contribution in [3.63, 3.8) is 0 Å². The molecular formula is C12H20N2O. The standard InChI is InChI=1S/C12H20N2O/c1-12(2,9-11-3-8-15-10-11)14-6-4-13-5-7-14/h3,8,10,13H,4-7,9H2,1-2H3. The van der Waals surface area contributed by atoms with E-state index in [1.807, 2.05) is 6.26 Å². The molecule has 0 spiro atoms. The summed E-state index contributed by atoms with van der Waals surface area (Å²) in [4.78, 5) is 2.55. The first-order valence-corrected chi connectivity index (χ1v) is 5.65. The lowest BCUT2D eigenvalue weighted by Crippen LogP contribution is -2.54. The molecule has 0 aromatic carbocycles. The predicted molar refractivity (Wildman–Crippen MR) is 60.9 cm³/mol. The van der Waals surface area contributed by atoms with Crippen molar-refractivity contribution in [3.8, 4) is 0 Å². The molecule has 0 radical (unpaired) electrons. The molecule has 1 aliphatic heterocycles. The number of nitrogens with one attached hydrogen (secondary N) is 1. The Balaban J connectivity index is 1.98. The highest BCUT2D eigenvalue weighted by molar-refractivity contribution is 5.10. The second-order valence-electron chi connectivity index (χ2n) is 4.86. The van der Waals surface area contributed by atoms with Crippen LogP contribution in [0.15, 0.2) is 23.0 Å². The van der Waals surface area contributed by atoms with E-state index in [4.69, 9.17) is 4.42 Å². The van der Waals surface area contributed by atoms with Crippen molar-refractivity contribution in [2.75, 3.05) is 26.2 Å². The predicted octanol–water partition coefficient (Wildman–Crippen LogP) is 1.51. The van der Waals surface area contributed by atoms with Crippen molar-refractivity contribution in [1.29, 1.82) is 0 Å². The van der Waals surface area contributed by atoms with E-state index in [0.717, 1.165) is 32.6 Å². The van der Waals surface area contributed by atoms with Gasteiger partial charge in [0.2, 0.25) is 0 Å². The first-order chi connectivity index (χ1) is 7.18. The highest BCUT2D eigenvalue weighted by atomic mass is 16.3. The van der Waals surface area contributed by atoms with Crippen molar-refractivity contribution >= 4 is 0 Å². The number of hydrogen-bond acceptors (Lipinski definition) is 3. The molecule has 3 nitrogen and oxygen atoms in total. The van der Waals surface area contributed by atoms with Crippen LogP contribution < -0.4 is 5.32 Å². The summed E-state index contributed by atoms with van der Waals surface area (Å²) in [5.41, 5.74) is 1.52. The van der Waals surface area contributed by atoms with E-state index in [1.54, 1.807) is 6.26 Å². The number of nitrogens with zero attached hydrogens (tertiary/aromatic N) is 1. The molecule has 0 saturated carbocycles. The highest BCUT2D eigenvalue weighted by Gasteiger charge is 2.28. The maximum absolute atomic E-state index is 5.12. The summed E-state index contributed by atoms with van der Waals surface area (Å²) in [7, 11) is 0. The molecule has 1 saturated heterocycles. The van der Waals surface area contributed by atoms with Gasteiger partial charge in [-0.2, -0.15) is 0 Å². The smallest absolute Gasteiger partial charge is 0.0935 e. The van der Waals surface area contributed by atoms with Crippen molar-refractivity contribution in [3.05, 3.63) is 24.2 Å². The summed E-state index contributed by atoms with van der Waals surface area (Å²) in [5.74, 6) is 0. The third kappa shape index (κ3) is 2.61. The van der Waals surface area contributed by atoms with Gasteiger partial charge in [0.25, 0.3) is 0 Å². The van der Waals surface area contributed by atoms with Crippen LogP contribution in [-0.2, 0) is 6.42 Å². The van der Waals surface area contributed by atoms with E-state index >= 15 is 0 Å². The lowest BCUT2D eigenvalue weighted by Gasteiger charge is -2.41. The average molecular weight is 208 g/mol. The normalized spacial score (nSPS) is 19.3. The fourth-order valence-corrected chi connectivity index (χ4v) is 2.27. The summed E-state index contributed by atoms with van der Waals surface area (Å²) in [5, 5.41) is 3.39. The van der Waals surface area contributed by atoms with Gasteiger partial charge in [-0.05, 0) is 31.9 Å². The van der Waals surface area contributed by atoms with E-state index in [9.17, 15) is 0 Å². The quantitative estimate of drug-likeness (QED) is 0.816. The molecule has 84 valence electrons. The van der Waals surface area contributed by atoms with Gasteiger partial charge in [-0.25, -0.2) is 0 Å². The van der Waals surface area contributed by atoms with E-state index in [2.05, 4.69) is 30.1 Å². The van der Waals surface area contributed by atoms with Gasteiger partial charge < -0.3 is 9.73 Å². The second-order valence-corrected chi connectivity index (χ2v) is 4.86. The van der Waals surface area contributed by atoms with Crippen LogP contribution in [0, 0.1) is 0 Å². The zero-order valence-electron chi connectivity index (χ0n) is 9.62. The Morgan fingerprint density at radius 3 is 2.73 bits per heavy atom. The molecule has 2 heterocycles. The van der Waals surface area contributed by atoms with Crippen molar-refractivity contribution in [1.82, 2.24) is 10.2 Å². The Kier molecular flexibility index (Phi) is 3.12. The maximum Gasteiger partial charge on any atom is 0.0935 e. The summed E-state index contributed by atoms with van der Waals surface area (Å²) < 4.78 is 5.12. The molecule has 15 heavy (non-hydrogen) atoms. The van der Waals surface area contributed by atoms with E-state index < -0.39 is 0 Å². The van der Waals surface area contributed by atoms with Crippen LogP contribution in [0.5, 0.6) is 0 Å². The van der Waals surface area contributed by atoms with E-state index in [0.29, 0.717) is 0 Å². The van der Waals surface area contributed by atoms with Gasteiger partial charge >= 0.3 is 0 Å². The van der Waals surface area contributed by atoms with Gasteiger partial charge in [-0.1, -0.05) is 0 Å². The number of furan rings is 1. The minimum absolute atomic E-state index is 0.228. The molecule has 1 aromatic rings. The van der Waals surface area contributed by atoms with Crippen molar-refractivity contribution in [2.24, 2.45) is 0 Å². The lowest BCUT2D eigenvalue weighted by atomic mass is 9.94. The first kappa shape index (κ1) is 10.7. The molecular weight excluding hydrogens is 188 g/mol. The molecule has 1 N–H and O–H groups in total. The van der Waals surface area contributed by atoms with Gasteiger partial charge in [0, 0.05) is 31.7 Å². The highest BCUT2D eigenvalue weighted by Crippen LogP contribution is 2.20. The van der Waals surface area contributed by atoms with Crippen LogP contribution in [0.4, 0.5) is 0 Å². The Labute approximate surface area is 91.4 Å². The maximum atomic E-state index is 5.12. The van der Waals surface area contributed by atoms with Crippen molar-refractivity contribution in [2.45, 2.75) is 25.8 Å². The second kappa shape index (κ2) is 4.37. The Bertz CT molecular complexity index is 287. The topological polar surface area (TPSA) is 28.4 Å². The SMILES string of the molecule is CC(C)(Cc1ccoc1)N1CCNCC1. The van der Waals surface area contributed by atoms with Crippen LogP contribution in [0.1, 0.15) is 19.4 Å². The fraction of sp³-hybridized carbons (Fsp3) is 0.667. The summed E-state index contributed by atoms with van der Waals surface area (Å²) in [6.07, 6.45) is 4.66. The Morgan fingerprint density at radius 1 is 1.40 bits per heavy atom. The van der Waals surface area contributed by atoms with Gasteiger partial charge in [0.1, 0.15) is 0 Å². The monoisotopic (exact) mass is 208 g/mol. The molecule has 0 amide bonds. The van der Waals surface area contributed by atoms with E-state index in [-0.39, 0.29) is 5.54 Å². The van der Waals surface area contributed by atoms with Gasteiger partial charge in [-0.15, -0.1) is 0 Å². The van der Waals surface area contributed by atoms with Crippen LogP contribution in [0.2, 0.25) is 0 Å². The number of piperazine rings is 1. The van der Waals surface area contributed by atoms with Crippen molar-refractivity contribution < 1.29 is 4.42 Å². The molecule has 0 atom stereocenters. The Morgan fingerprint density at radius 2 is 2.13 bits per heavy atom.